The number of allylic oxidation sites excluding steroid dienone is 1. The third-order valence-electron chi connectivity index (χ3n) is 13.5. The molecule has 0 bridgehead atoms. The minimum Gasteiger partial charge on any atom is -0.394 e. The average Bonchev–Trinajstić information content (AvgIpc) is 3.30. The van der Waals surface area contributed by atoms with Crippen LogP contribution in [0, 0.1) is 52.3 Å². The van der Waals surface area contributed by atoms with Gasteiger partial charge in [0.15, 0.2) is 6.29 Å². The minimum atomic E-state index is -1.40. The normalized spacial score (nSPS) is 47.7. The van der Waals surface area contributed by atoms with E-state index in [0.29, 0.717) is 5.41 Å². The summed E-state index contributed by atoms with van der Waals surface area (Å²) in [6, 6.07) is 0. The van der Waals surface area contributed by atoms with Crippen LogP contribution in [0.5, 0.6) is 0 Å². The van der Waals surface area contributed by atoms with E-state index in [1.807, 2.05) is 0 Å². The van der Waals surface area contributed by atoms with Gasteiger partial charge in [0.1, 0.15) is 24.4 Å². The monoisotopic (exact) mass is 576 g/mol. The molecule has 0 spiro atoms. The quantitative estimate of drug-likeness (QED) is 0.257. The summed E-state index contributed by atoms with van der Waals surface area (Å²) >= 11 is 0. The van der Waals surface area contributed by atoms with Crippen LogP contribution in [0.25, 0.3) is 0 Å². The van der Waals surface area contributed by atoms with Gasteiger partial charge in [-0.05, 0) is 110 Å². The molecule has 0 amide bonds. The van der Waals surface area contributed by atoms with Crippen molar-refractivity contribution in [2.24, 2.45) is 52.3 Å². The van der Waals surface area contributed by atoms with Crippen LogP contribution in [0.1, 0.15) is 112 Å². The van der Waals surface area contributed by atoms with Crippen molar-refractivity contribution in [3.05, 3.63) is 11.6 Å². The predicted octanol–water partition coefficient (Wildman–Crippen LogP) is 5.85. The fourth-order valence-corrected chi connectivity index (χ4v) is 10.8. The third-order valence-corrected chi connectivity index (χ3v) is 13.5. The number of hydrogen-bond donors (Lipinski definition) is 4. The van der Waals surface area contributed by atoms with Crippen molar-refractivity contribution in [2.75, 3.05) is 6.61 Å². The highest BCUT2D eigenvalue weighted by Crippen LogP contribution is 2.67. The molecule has 4 N–H and O–H groups in total. The fourth-order valence-electron chi connectivity index (χ4n) is 10.8. The highest BCUT2D eigenvalue weighted by Gasteiger charge is 2.59. The first-order chi connectivity index (χ1) is 19.4. The van der Waals surface area contributed by atoms with Crippen molar-refractivity contribution < 1.29 is 29.9 Å². The van der Waals surface area contributed by atoms with Gasteiger partial charge in [-0.3, -0.25) is 0 Å². The number of ether oxygens (including phenoxy) is 2. The molecule has 236 valence electrons. The van der Waals surface area contributed by atoms with Crippen molar-refractivity contribution in [3.63, 3.8) is 0 Å². The Hall–Kier alpha value is -0.500. The molecule has 5 rings (SSSR count). The second-order valence-electron chi connectivity index (χ2n) is 15.7. The van der Waals surface area contributed by atoms with Gasteiger partial charge in [0, 0.05) is 0 Å². The van der Waals surface area contributed by atoms with Gasteiger partial charge in [0.25, 0.3) is 0 Å². The number of fused-ring (bicyclic) bond motifs is 5. The largest absolute Gasteiger partial charge is 0.394 e. The van der Waals surface area contributed by atoms with Crippen molar-refractivity contribution in [2.45, 2.75) is 149 Å². The van der Waals surface area contributed by atoms with E-state index in [9.17, 15) is 20.4 Å². The first-order valence-electron chi connectivity index (χ1n) is 17.1. The van der Waals surface area contributed by atoms with E-state index in [4.69, 9.17) is 9.47 Å². The van der Waals surface area contributed by atoms with Gasteiger partial charge in [0.2, 0.25) is 0 Å². The van der Waals surface area contributed by atoms with Crippen LogP contribution >= 0.6 is 0 Å². The smallest absolute Gasteiger partial charge is 0.186 e. The maximum absolute atomic E-state index is 10.5. The number of rotatable bonds is 9. The van der Waals surface area contributed by atoms with Crippen LogP contribution < -0.4 is 0 Å². The number of hydrogen-bond acceptors (Lipinski definition) is 6. The summed E-state index contributed by atoms with van der Waals surface area (Å²) in [4.78, 5) is 0. The second-order valence-corrected chi connectivity index (χ2v) is 15.7. The van der Waals surface area contributed by atoms with Crippen LogP contribution in [-0.4, -0.2) is 63.8 Å². The van der Waals surface area contributed by atoms with Gasteiger partial charge in [-0.1, -0.05) is 66.0 Å². The zero-order chi connectivity index (χ0) is 29.7. The van der Waals surface area contributed by atoms with Crippen molar-refractivity contribution in [1.82, 2.24) is 0 Å². The zero-order valence-corrected chi connectivity index (χ0v) is 26.7. The molecule has 6 unspecified atom stereocenters. The van der Waals surface area contributed by atoms with Crippen LogP contribution in [0.2, 0.25) is 0 Å². The van der Waals surface area contributed by atoms with Crippen LogP contribution in [0.15, 0.2) is 11.6 Å². The molecule has 14 atom stereocenters. The Morgan fingerprint density at radius 1 is 0.951 bits per heavy atom. The van der Waals surface area contributed by atoms with Gasteiger partial charge in [-0.25, -0.2) is 0 Å². The molecule has 0 aromatic rings. The third kappa shape index (κ3) is 5.73. The first kappa shape index (κ1) is 31.9. The fraction of sp³-hybridized carbons (Fsp3) is 0.943. The van der Waals surface area contributed by atoms with E-state index < -0.39 is 37.3 Å². The standard InChI is InChI=1S/C35H60O6/c1-7-22(20(2)3)9-8-21(4)26-12-13-27-25-11-10-23-18-24(14-16-34(23,5)28(25)15-17-35(26,27)6)40-33-32(39)31(38)30(37)29(19-36)41-33/h10,20-22,24-33,36-39H,7-9,11-19H2,1-6H3/t21?,22?,24-,25?,26?,27?,28?,29+,30+,31-,32+,33+,34-,35+/m1/s1. The van der Waals surface area contributed by atoms with Gasteiger partial charge in [-0.15, -0.1) is 0 Å². The van der Waals surface area contributed by atoms with E-state index in [2.05, 4.69) is 47.6 Å². The summed E-state index contributed by atoms with van der Waals surface area (Å²) in [7, 11) is 0. The lowest BCUT2D eigenvalue weighted by molar-refractivity contribution is -0.313. The number of aliphatic hydroxyl groups is 4. The predicted molar refractivity (Wildman–Crippen MR) is 161 cm³/mol. The van der Waals surface area contributed by atoms with Crippen LogP contribution in [0.3, 0.4) is 0 Å². The summed E-state index contributed by atoms with van der Waals surface area (Å²) in [6.07, 6.45) is 9.92. The molecule has 1 heterocycles. The lowest BCUT2D eigenvalue weighted by Crippen LogP contribution is -2.60. The summed E-state index contributed by atoms with van der Waals surface area (Å²) in [5.41, 5.74) is 2.19. The highest BCUT2D eigenvalue weighted by atomic mass is 16.7. The molecule has 1 aliphatic heterocycles. The molecule has 41 heavy (non-hydrogen) atoms. The van der Waals surface area contributed by atoms with Gasteiger partial charge in [-0.2, -0.15) is 0 Å². The van der Waals surface area contributed by atoms with E-state index >= 15 is 0 Å². The maximum Gasteiger partial charge on any atom is 0.186 e. The first-order valence-corrected chi connectivity index (χ1v) is 17.1. The summed E-state index contributed by atoms with van der Waals surface area (Å²) in [6.45, 7) is 14.5. The van der Waals surface area contributed by atoms with Gasteiger partial charge < -0.3 is 29.9 Å². The van der Waals surface area contributed by atoms with E-state index in [1.165, 1.54) is 56.9 Å². The van der Waals surface area contributed by atoms with Crippen LogP contribution in [-0.2, 0) is 9.47 Å². The molecule has 1 saturated heterocycles. The lowest BCUT2D eigenvalue weighted by Gasteiger charge is -2.58. The zero-order valence-electron chi connectivity index (χ0n) is 26.7. The number of aliphatic hydroxyl groups excluding tert-OH is 4. The van der Waals surface area contributed by atoms with E-state index in [1.54, 1.807) is 0 Å². The Balaban J connectivity index is 1.24. The van der Waals surface area contributed by atoms with Gasteiger partial charge >= 0.3 is 0 Å². The summed E-state index contributed by atoms with van der Waals surface area (Å²) < 4.78 is 11.9. The molecule has 0 aromatic carbocycles. The highest BCUT2D eigenvalue weighted by molar-refractivity contribution is 5.25. The Bertz CT molecular complexity index is 918. The molecule has 5 aliphatic rings. The average molecular weight is 577 g/mol. The Labute approximate surface area is 249 Å². The van der Waals surface area contributed by atoms with Gasteiger partial charge in [0.05, 0.1) is 12.7 Å². The Kier molecular flexibility index (Phi) is 9.71. The van der Waals surface area contributed by atoms with E-state index in [0.717, 1.165) is 60.7 Å². The second kappa shape index (κ2) is 12.5. The Morgan fingerprint density at radius 3 is 2.39 bits per heavy atom. The molecular formula is C35H60O6. The topological polar surface area (TPSA) is 99.4 Å². The summed E-state index contributed by atoms with van der Waals surface area (Å²) in [5.74, 6) is 5.66. The maximum atomic E-state index is 10.5. The molecule has 3 saturated carbocycles. The molecular weight excluding hydrogens is 516 g/mol. The Morgan fingerprint density at radius 2 is 1.71 bits per heavy atom. The minimum absolute atomic E-state index is 0.101. The lowest BCUT2D eigenvalue weighted by atomic mass is 9.47. The molecule has 6 heteroatoms. The molecule has 4 aliphatic carbocycles. The molecule has 4 fully saturated rings. The van der Waals surface area contributed by atoms with Crippen molar-refractivity contribution >= 4 is 0 Å². The van der Waals surface area contributed by atoms with Crippen LogP contribution in [0.4, 0.5) is 0 Å². The van der Waals surface area contributed by atoms with Crippen molar-refractivity contribution in [1.29, 1.82) is 0 Å². The molecule has 0 aromatic heterocycles. The summed E-state index contributed by atoms with van der Waals surface area (Å²) in [5, 5.41) is 40.4. The van der Waals surface area contributed by atoms with E-state index in [-0.39, 0.29) is 11.5 Å². The van der Waals surface area contributed by atoms with Crippen molar-refractivity contribution in [3.8, 4) is 0 Å². The molecule has 6 nitrogen and oxygen atoms in total. The SMILES string of the molecule is CCC(CCC(C)C1CCC2C3CC=C4C[C@H](O[C@H]5O[C@@H](CO)[C@H](O)[C@@H](O)[C@@H]5O)CC[C@@]4(C)C3CC[C@@]12C)C(C)C. The molecule has 0 radical (unpaired) electrons.